The van der Waals surface area contributed by atoms with Gasteiger partial charge < -0.3 is 47.4 Å². The molecule has 0 unspecified atom stereocenters. The summed E-state index contributed by atoms with van der Waals surface area (Å²) in [6, 6.07) is 39.4. The zero-order valence-corrected chi connectivity index (χ0v) is 41.4. The largest absolute Gasteiger partial charge is 0.397 e. The Labute approximate surface area is 416 Å². The number of hydrogen-bond donors (Lipinski definition) is 7. The molecule has 0 radical (unpaired) electrons. The number of nitrogens with zero attached hydrogens (tertiary/aromatic N) is 8. The van der Waals surface area contributed by atoms with Crippen LogP contribution in [0.1, 0.15) is 83.3 Å². The van der Waals surface area contributed by atoms with E-state index in [0.29, 0.717) is 49.0 Å². The van der Waals surface area contributed by atoms with E-state index in [1.807, 2.05) is 42.1 Å². The minimum atomic E-state index is 0.217. The molecule has 15 nitrogen and oxygen atoms in total. The summed E-state index contributed by atoms with van der Waals surface area (Å²) in [5, 5.41) is 18.2. The number of nitrogens with two attached hydrogens (primary N) is 3. The maximum Gasteiger partial charge on any atom is 0.227 e. The maximum absolute atomic E-state index is 7.57. The van der Waals surface area contributed by atoms with Crippen LogP contribution in [0, 0.1) is 0 Å². The predicted molar refractivity (Wildman–Crippen MR) is 286 cm³/mol. The van der Waals surface area contributed by atoms with Gasteiger partial charge in [0.2, 0.25) is 11.2 Å². The third-order valence-electron chi connectivity index (χ3n) is 12.5. The lowest BCUT2D eigenvalue weighted by Gasteiger charge is -2.26. The van der Waals surface area contributed by atoms with Gasteiger partial charge in [0.1, 0.15) is 0 Å². The second-order valence-corrected chi connectivity index (χ2v) is 18.1. The number of anilines is 3. The number of aryl methyl sites for hydroxylation is 2. The highest BCUT2D eigenvalue weighted by Crippen LogP contribution is 2.27. The number of aliphatic hydroxyl groups excluding tert-OH is 1. The Balaban J connectivity index is 0.000000173. The lowest BCUT2D eigenvalue weighted by molar-refractivity contribution is 0.318. The smallest absolute Gasteiger partial charge is 0.227 e. The van der Waals surface area contributed by atoms with Gasteiger partial charge in [-0.05, 0) is 117 Å². The molecule has 0 amide bonds. The fourth-order valence-electron chi connectivity index (χ4n) is 8.49. The summed E-state index contributed by atoms with van der Waals surface area (Å²) in [4.78, 5) is 27.2. The van der Waals surface area contributed by atoms with Crippen molar-refractivity contribution in [3.8, 4) is 22.3 Å². The standard InChI is InChI=1S/C26H31N7.C20H18ClN5.C6H14N2.C2H6O/c1-2-33-17-29-23-24(31-26(32-25(23)33)30-22-14-12-21(27)13-15-22)28-16-18-8-10-20(11-9-18)19-6-4-3-5-7-19;1-2-26-13-23-17-18(24-20(21)25-19(17)26)22-12-14-8-10-16(11-9-14)15-6-4-3-5-7-15;7-5-1-2-6(8)4-3-5;1-2-3/h3-11,17,21-22H,2,12-16,27H2,1H3,(H2,28,30,31,32);3-11,13H,2,12H2,1H3,(H,22,24,25);5-6H,1-4,7-8H2;3H,2H2,1H3. The molecule has 4 heterocycles. The molecule has 70 heavy (non-hydrogen) atoms. The van der Waals surface area contributed by atoms with Crippen LogP contribution >= 0.6 is 11.6 Å². The van der Waals surface area contributed by atoms with E-state index < -0.39 is 0 Å². The van der Waals surface area contributed by atoms with Crippen LogP contribution in [-0.4, -0.2) is 74.9 Å². The Morgan fingerprint density at radius 3 is 1.34 bits per heavy atom. The third kappa shape index (κ3) is 14.3. The molecule has 0 aliphatic heterocycles. The van der Waals surface area contributed by atoms with E-state index in [-0.39, 0.29) is 11.9 Å². The average Bonchev–Trinajstić information content (AvgIpc) is 4.02. The minimum Gasteiger partial charge on any atom is -0.397 e. The highest BCUT2D eigenvalue weighted by atomic mass is 35.5. The van der Waals surface area contributed by atoms with Crippen molar-refractivity contribution >= 4 is 51.5 Å². The summed E-state index contributed by atoms with van der Waals surface area (Å²) in [6.45, 7) is 8.96. The number of imidazole rings is 2. The SMILES string of the molecule is CCO.CCn1cnc2c(NCc3ccc(-c4ccccc4)cc3)nc(Cl)nc21.CCn1cnc2c(NCc3ccc(-c4ccccc4)cc3)nc(NC3CCC(N)CC3)nc21.NC1CCC(N)CC1. The van der Waals surface area contributed by atoms with Crippen molar-refractivity contribution < 1.29 is 5.11 Å². The van der Waals surface area contributed by atoms with Crippen LogP contribution < -0.4 is 33.2 Å². The van der Waals surface area contributed by atoms with E-state index in [1.54, 1.807) is 13.3 Å². The van der Waals surface area contributed by atoms with Gasteiger partial charge in [0.25, 0.3) is 0 Å². The quantitative estimate of drug-likeness (QED) is 0.0568. The van der Waals surface area contributed by atoms with Crippen LogP contribution in [0.2, 0.25) is 5.28 Å². The topological polar surface area (TPSA) is 222 Å². The number of aliphatic hydroxyl groups is 1. The highest BCUT2D eigenvalue weighted by Gasteiger charge is 2.21. The first-order chi connectivity index (χ1) is 34.1. The number of halogens is 1. The van der Waals surface area contributed by atoms with Gasteiger partial charge in [-0.3, -0.25) is 0 Å². The predicted octanol–water partition coefficient (Wildman–Crippen LogP) is 9.80. The summed E-state index contributed by atoms with van der Waals surface area (Å²) in [6.07, 6.45) is 12.3. The third-order valence-corrected chi connectivity index (χ3v) is 12.7. The molecule has 10 N–H and O–H groups in total. The molecular weight excluding hydrogens is 896 g/mol. The number of fused-ring (bicyclic) bond motifs is 2. The molecule has 0 spiro atoms. The van der Waals surface area contributed by atoms with Crippen molar-refractivity contribution in [2.75, 3.05) is 22.6 Å². The van der Waals surface area contributed by atoms with E-state index in [4.69, 9.17) is 43.9 Å². The average molecular weight is 966 g/mol. The lowest BCUT2D eigenvalue weighted by Crippen LogP contribution is -2.33. The minimum absolute atomic E-state index is 0.217. The monoisotopic (exact) mass is 965 g/mol. The summed E-state index contributed by atoms with van der Waals surface area (Å²) in [5.74, 6) is 2.06. The van der Waals surface area contributed by atoms with Crippen LogP contribution in [0.4, 0.5) is 17.6 Å². The second kappa shape index (κ2) is 25.9. The molecule has 4 aromatic heterocycles. The highest BCUT2D eigenvalue weighted by molar-refractivity contribution is 6.28. The summed E-state index contributed by atoms with van der Waals surface area (Å²) >= 11 is 6.08. The summed E-state index contributed by atoms with van der Waals surface area (Å²) in [5.41, 5.74) is 27.7. The fourth-order valence-corrected chi connectivity index (χ4v) is 8.65. The van der Waals surface area contributed by atoms with E-state index in [9.17, 15) is 0 Å². The Morgan fingerprint density at radius 1 is 0.529 bits per heavy atom. The maximum atomic E-state index is 7.57. The van der Waals surface area contributed by atoms with Crippen molar-refractivity contribution in [1.82, 2.24) is 39.0 Å². The second-order valence-electron chi connectivity index (χ2n) is 17.7. The van der Waals surface area contributed by atoms with Crippen LogP contribution in [-0.2, 0) is 26.2 Å². The van der Waals surface area contributed by atoms with Gasteiger partial charge >= 0.3 is 0 Å². The van der Waals surface area contributed by atoms with Crippen LogP contribution in [0.15, 0.2) is 122 Å². The lowest BCUT2D eigenvalue weighted by atomic mass is 9.92. The zero-order chi connectivity index (χ0) is 49.2. The number of aromatic nitrogens is 8. The molecule has 0 atom stereocenters. The van der Waals surface area contributed by atoms with Crippen LogP contribution in [0.25, 0.3) is 44.6 Å². The Kier molecular flexibility index (Phi) is 19.0. The number of hydrogen-bond acceptors (Lipinski definition) is 13. The van der Waals surface area contributed by atoms with Gasteiger partial charge in [0.05, 0.1) is 12.7 Å². The molecule has 8 aromatic rings. The normalized spacial score (nSPS) is 17.5. The molecule has 4 aromatic carbocycles. The van der Waals surface area contributed by atoms with Gasteiger partial charge in [-0.25, -0.2) is 9.97 Å². The zero-order valence-electron chi connectivity index (χ0n) is 40.7. The first-order valence-corrected chi connectivity index (χ1v) is 25.0. The van der Waals surface area contributed by atoms with Gasteiger partial charge in [-0.2, -0.15) is 19.9 Å². The fraction of sp³-hybridized carbons (Fsp3) is 0.370. The number of rotatable bonds is 12. The molecule has 10 rings (SSSR count). The molecule has 2 aliphatic carbocycles. The molecule has 0 bridgehead atoms. The number of benzene rings is 4. The van der Waals surface area contributed by atoms with Gasteiger partial charge in [-0.15, -0.1) is 0 Å². The van der Waals surface area contributed by atoms with Crippen molar-refractivity contribution in [3.05, 3.63) is 138 Å². The van der Waals surface area contributed by atoms with E-state index in [2.05, 4.69) is 132 Å². The van der Waals surface area contributed by atoms with Gasteiger partial charge in [0.15, 0.2) is 34.0 Å². The summed E-state index contributed by atoms with van der Waals surface area (Å²) in [7, 11) is 0. The molecule has 0 saturated heterocycles. The molecule has 16 heteroatoms. The molecular formula is C54H69ClN14O. The van der Waals surface area contributed by atoms with E-state index >= 15 is 0 Å². The molecule has 2 fully saturated rings. The van der Waals surface area contributed by atoms with Crippen molar-refractivity contribution in [2.24, 2.45) is 17.2 Å². The van der Waals surface area contributed by atoms with Crippen molar-refractivity contribution in [2.45, 2.75) is 122 Å². The summed E-state index contributed by atoms with van der Waals surface area (Å²) < 4.78 is 4.00. The van der Waals surface area contributed by atoms with Crippen LogP contribution in [0.5, 0.6) is 0 Å². The first kappa shape index (κ1) is 51.4. The van der Waals surface area contributed by atoms with E-state index in [1.165, 1.54) is 27.8 Å². The molecule has 368 valence electrons. The Morgan fingerprint density at radius 2 is 0.914 bits per heavy atom. The Bertz CT molecular complexity index is 2780. The van der Waals surface area contributed by atoms with Crippen molar-refractivity contribution in [1.29, 1.82) is 0 Å². The van der Waals surface area contributed by atoms with E-state index in [0.717, 1.165) is 98.2 Å². The first-order valence-electron chi connectivity index (χ1n) is 24.7. The molecule has 2 aliphatic rings. The van der Waals surface area contributed by atoms with Gasteiger partial charge in [-0.1, -0.05) is 109 Å². The van der Waals surface area contributed by atoms with Crippen LogP contribution in [0.3, 0.4) is 0 Å². The van der Waals surface area contributed by atoms with Gasteiger partial charge in [0, 0.05) is 57.0 Å². The molecule has 2 saturated carbocycles. The van der Waals surface area contributed by atoms with Crippen molar-refractivity contribution in [3.63, 3.8) is 0 Å². The Hall–Kier alpha value is -6.49. The number of nitrogens with one attached hydrogen (secondary N) is 3.